The molecular weight excluding hydrogens is 200 g/mol. The molecule has 0 saturated carbocycles. The molecule has 0 bridgehead atoms. The van der Waals surface area contributed by atoms with Crippen LogP contribution in [0.25, 0.3) is 0 Å². The third-order valence-electron chi connectivity index (χ3n) is 2.62. The smallest absolute Gasteiger partial charge is 0.150 e. The molecule has 0 saturated heterocycles. The molecule has 0 spiro atoms. The molecule has 1 aromatic heterocycles. The lowest BCUT2D eigenvalue weighted by molar-refractivity contribution is 0.366. The summed E-state index contributed by atoms with van der Waals surface area (Å²) in [5.74, 6) is 0.861. The van der Waals surface area contributed by atoms with Crippen molar-refractivity contribution >= 4 is 0 Å². The van der Waals surface area contributed by atoms with Gasteiger partial charge in [-0.1, -0.05) is 35.0 Å². The van der Waals surface area contributed by atoms with E-state index in [0.29, 0.717) is 12.6 Å². The molecule has 3 heteroatoms. The Balaban J connectivity index is 1.95. The van der Waals surface area contributed by atoms with E-state index in [4.69, 9.17) is 4.52 Å². The molecule has 1 atom stereocenters. The fraction of sp³-hybridized carbons (Fsp3) is 0.308. The molecule has 3 nitrogen and oxygen atoms in total. The van der Waals surface area contributed by atoms with Gasteiger partial charge >= 0.3 is 0 Å². The number of hydrogen-bond donors (Lipinski definition) is 1. The Labute approximate surface area is 95.5 Å². The Bertz CT molecular complexity index is 437. The second-order valence-corrected chi connectivity index (χ2v) is 4.00. The van der Waals surface area contributed by atoms with E-state index in [2.05, 4.69) is 48.6 Å². The van der Waals surface area contributed by atoms with Gasteiger partial charge in [0.05, 0.1) is 12.7 Å². The number of nitrogens with one attached hydrogen (secondary N) is 1. The number of rotatable bonds is 4. The van der Waals surface area contributed by atoms with Crippen LogP contribution in [-0.2, 0) is 6.54 Å². The average molecular weight is 216 g/mol. The summed E-state index contributed by atoms with van der Waals surface area (Å²) < 4.78 is 5.03. The molecule has 0 aliphatic heterocycles. The van der Waals surface area contributed by atoms with Crippen LogP contribution in [0.4, 0.5) is 0 Å². The summed E-state index contributed by atoms with van der Waals surface area (Å²) in [5.41, 5.74) is 2.57. The van der Waals surface area contributed by atoms with E-state index in [-0.39, 0.29) is 0 Å². The quantitative estimate of drug-likeness (QED) is 0.854. The number of benzene rings is 1. The third-order valence-corrected chi connectivity index (χ3v) is 2.62. The summed E-state index contributed by atoms with van der Waals surface area (Å²) in [6, 6.07) is 10.7. The summed E-state index contributed by atoms with van der Waals surface area (Å²) in [4.78, 5) is 0. The molecule has 1 unspecified atom stereocenters. The van der Waals surface area contributed by atoms with Crippen LogP contribution in [0.3, 0.4) is 0 Å². The molecule has 2 rings (SSSR count). The zero-order valence-electron chi connectivity index (χ0n) is 9.60. The van der Waals surface area contributed by atoms with E-state index in [9.17, 15) is 0 Å². The fourth-order valence-corrected chi connectivity index (χ4v) is 1.64. The van der Waals surface area contributed by atoms with Gasteiger partial charge in [0.15, 0.2) is 0 Å². The molecule has 1 heterocycles. The summed E-state index contributed by atoms with van der Waals surface area (Å²) in [7, 11) is 0. The normalized spacial score (nSPS) is 12.6. The van der Waals surface area contributed by atoms with Gasteiger partial charge in [0, 0.05) is 12.1 Å². The SMILES string of the molecule is Cc1cccc(C(C)NCc2ccno2)c1. The number of aromatic nitrogens is 1. The van der Waals surface area contributed by atoms with E-state index >= 15 is 0 Å². The lowest BCUT2D eigenvalue weighted by Gasteiger charge is -2.13. The molecular formula is C13H16N2O. The standard InChI is InChI=1S/C13H16N2O/c1-10-4-3-5-12(8-10)11(2)14-9-13-6-7-15-16-13/h3-8,11,14H,9H2,1-2H3. The van der Waals surface area contributed by atoms with Crippen LogP contribution in [0.2, 0.25) is 0 Å². The van der Waals surface area contributed by atoms with E-state index in [1.807, 2.05) is 6.07 Å². The van der Waals surface area contributed by atoms with E-state index in [0.717, 1.165) is 5.76 Å². The minimum Gasteiger partial charge on any atom is -0.360 e. The first-order valence-electron chi connectivity index (χ1n) is 5.45. The van der Waals surface area contributed by atoms with Crippen LogP contribution in [0.5, 0.6) is 0 Å². The Morgan fingerprint density at radius 2 is 2.25 bits per heavy atom. The van der Waals surface area contributed by atoms with Gasteiger partial charge in [0.25, 0.3) is 0 Å². The van der Waals surface area contributed by atoms with Crippen LogP contribution in [0.1, 0.15) is 29.9 Å². The van der Waals surface area contributed by atoms with Gasteiger partial charge < -0.3 is 9.84 Å². The monoisotopic (exact) mass is 216 g/mol. The van der Waals surface area contributed by atoms with Crippen molar-refractivity contribution in [3.63, 3.8) is 0 Å². The first-order valence-corrected chi connectivity index (χ1v) is 5.45. The van der Waals surface area contributed by atoms with Crippen molar-refractivity contribution in [1.29, 1.82) is 0 Å². The minimum atomic E-state index is 0.310. The predicted molar refractivity (Wildman–Crippen MR) is 62.9 cm³/mol. The molecule has 1 N–H and O–H groups in total. The molecule has 0 fully saturated rings. The number of hydrogen-bond acceptors (Lipinski definition) is 3. The van der Waals surface area contributed by atoms with Gasteiger partial charge in [-0.05, 0) is 19.4 Å². The number of nitrogens with zero attached hydrogens (tertiary/aromatic N) is 1. The molecule has 84 valence electrons. The summed E-state index contributed by atoms with van der Waals surface area (Å²) in [6.07, 6.45) is 1.66. The van der Waals surface area contributed by atoms with Crippen LogP contribution in [0, 0.1) is 6.92 Å². The van der Waals surface area contributed by atoms with Crippen molar-refractivity contribution in [2.24, 2.45) is 0 Å². The fourth-order valence-electron chi connectivity index (χ4n) is 1.64. The highest BCUT2D eigenvalue weighted by Gasteiger charge is 2.05. The van der Waals surface area contributed by atoms with Gasteiger partial charge in [0.1, 0.15) is 5.76 Å². The van der Waals surface area contributed by atoms with Crippen LogP contribution >= 0.6 is 0 Å². The highest BCUT2D eigenvalue weighted by atomic mass is 16.5. The molecule has 0 aliphatic carbocycles. The number of aryl methyl sites for hydroxylation is 1. The summed E-state index contributed by atoms with van der Waals surface area (Å²) in [6.45, 7) is 4.95. The average Bonchev–Trinajstić information content (AvgIpc) is 2.78. The minimum absolute atomic E-state index is 0.310. The molecule has 0 amide bonds. The molecule has 1 aromatic carbocycles. The highest BCUT2D eigenvalue weighted by Crippen LogP contribution is 2.14. The Kier molecular flexibility index (Phi) is 3.37. The lowest BCUT2D eigenvalue weighted by atomic mass is 10.1. The zero-order chi connectivity index (χ0) is 11.4. The van der Waals surface area contributed by atoms with Crippen LogP contribution in [-0.4, -0.2) is 5.16 Å². The molecule has 2 aromatic rings. The van der Waals surface area contributed by atoms with Gasteiger partial charge in [-0.2, -0.15) is 0 Å². The zero-order valence-corrected chi connectivity index (χ0v) is 9.60. The van der Waals surface area contributed by atoms with Crippen molar-refractivity contribution < 1.29 is 4.52 Å². The van der Waals surface area contributed by atoms with E-state index in [1.165, 1.54) is 11.1 Å². The molecule has 0 radical (unpaired) electrons. The summed E-state index contributed by atoms with van der Waals surface area (Å²) in [5, 5.41) is 7.07. The third kappa shape index (κ3) is 2.70. The second kappa shape index (κ2) is 4.94. The second-order valence-electron chi connectivity index (χ2n) is 4.00. The molecule has 0 aliphatic rings. The van der Waals surface area contributed by atoms with Crippen molar-refractivity contribution in [3.05, 3.63) is 53.4 Å². The van der Waals surface area contributed by atoms with Crippen LogP contribution in [0.15, 0.2) is 41.1 Å². The van der Waals surface area contributed by atoms with Gasteiger partial charge in [-0.3, -0.25) is 0 Å². The largest absolute Gasteiger partial charge is 0.360 e. The predicted octanol–water partition coefficient (Wildman–Crippen LogP) is 2.83. The Morgan fingerprint density at radius 3 is 2.94 bits per heavy atom. The van der Waals surface area contributed by atoms with Crippen molar-refractivity contribution in [3.8, 4) is 0 Å². The van der Waals surface area contributed by atoms with Crippen molar-refractivity contribution in [1.82, 2.24) is 10.5 Å². The Morgan fingerprint density at radius 1 is 1.38 bits per heavy atom. The summed E-state index contributed by atoms with van der Waals surface area (Å²) >= 11 is 0. The lowest BCUT2D eigenvalue weighted by Crippen LogP contribution is -2.17. The van der Waals surface area contributed by atoms with Crippen molar-refractivity contribution in [2.75, 3.05) is 0 Å². The van der Waals surface area contributed by atoms with Crippen molar-refractivity contribution in [2.45, 2.75) is 26.4 Å². The first-order chi connectivity index (χ1) is 7.75. The van der Waals surface area contributed by atoms with Gasteiger partial charge in [-0.15, -0.1) is 0 Å². The topological polar surface area (TPSA) is 38.1 Å². The molecule has 16 heavy (non-hydrogen) atoms. The maximum Gasteiger partial charge on any atom is 0.150 e. The maximum atomic E-state index is 5.03. The Hall–Kier alpha value is -1.61. The maximum absolute atomic E-state index is 5.03. The van der Waals surface area contributed by atoms with E-state index in [1.54, 1.807) is 6.20 Å². The van der Waals surface area contributed by atoms with Crippen LogP contribution < -0.4 is 5.32 Å². The van der Waals surface area contributed by atoms with E-state index < -0.39 is 0 Å². The van der Waals surface area contributed by atoms with Gasteiger partial charge in [0.2, 0.25) is 0 Å². The first kappa shape index (κ1) is 10.9. The van der Waals surface area contributed by atoms with Gasteiger partial charge in [-0.25, -0.2) is 0 Å². The highest BCUT2D eigenvalue weighted by molar-refractivity contribution is 5.24.